The molecule has 0 spiro atoms. The van der Waals surface area contributed by atoms with Crippen LogP contribution in [0.3, 0.4) is 0 Å². The molecule has 10 heteroatoms. The monoisotopic (exact) mass is 938 g/mol. The predicted molar refractivity (Wildman–Crippen MR) is 273 cm³/mol. The Bertz CT molecular complexity index is 1110. The lowest BCUT2D eigenvalue weighted by Gasteiger charge is -2.40. The van der Waals surface area contributed by atoms with Crippen LogP contribution in [0.1, 0.15) is 264 Å². The molecule has 0 radical (unpaired) electrons. The van der Waals surface area contributed by atoms with Gasteiger partial charge in [0.1, 0.15) is 30.5 Å². The summed E-state index contributed by atoms with van der Waals surface area (Å²) in [7, 11) is 0. The van der Waals surface area contributed by atoms with Crippen LogP contribution in [0.25, 0.3) is 0 Å². The van der Waals surface area contributed by atoms with Crippen LogP contribution in [0.2, 0.25) is 0 Å². The van der Waals surface area contributed by atoms with Gasteiger partial charge < -0.3 is 45.4 Å². The van der Waals surface area contributed by atoms with Crippen molar-refractivity contribution >= 4 is 5.91 Å². The molecule has 1 rings (SSSR count). The molecule has 1 aliphatic heterocycles. The summed E-state index contributed by atoms with van der Waals surface area (Å²) in [5.74, 6) is -0.583. The lowest BCUT2D eigenvalue weighted by molar-refractivity contribution is -0.302. The maximum atomic E-state index is 13.1. The summed E-state index contributed by atoms with van der Waals surface area (Å²) in [6, 6.07) is -0.893. The first-order valence-electron chi connectivity index (χ1n) is 28.1. The van der Waals surface area contributed by atoms with Crippen LogP contribution in [0, 0.1) is 0 Å². The number of aliphatic hydroxyl groups is 6. The van der Waals surface area contributed by atoms with E-state index in [1.54, 1.807) is 0 Å². The summed E-state index contributed by atoms with van der Waals surface area (Å²) in [5, 5.41) is 65.1. The number of hydrogen-bond acceptors (Lipinski definition) is 9. The van der Waals surface area contributed by atoms with Crippen LogP contribution in [0.5, 0.6) is 0 Å². The van der Waals surface area contributed by atoms with Crippen molar-refractivity contribution in [2.75, 3.05) is 13.2 Å². The van der Waals surface area contributed by atoms with Gasteiger partial charge in [0.05, 0.1) is 25.4 Å². The van der Waals surface area contributed by atoms with E-state index in [2.05, 4.69) is 43.5 Å². The van der Waals surface area contributed by atoms with E-state index in [1.807, 2.05) is 0 Å². The van der Waals surface area contributed by atoms with Gasteiger partial charge in [0.15, 0.2) is 6.29 Å². The van der Waals surface area contributed by atoms with E-state index in [9.17, 15) is 35.4 Å². The number of ether oxygens (including phenoxy) is 2. The average molecular weight is 938 g/mol. The highest BCUT2D eigenvalue weighted by molar-refractivity contribution is 5.80. The van der Waals surface area contributed by atoms with Gasteiger partial charge in [0.2, 0.25) is 5.91 Å². The van der Waals surface area contributed by atoms with Crippen molar-refractivity contribution in [1.29, 1.82) is 0 Å². The average Bonchev–Trinajstić information content (AvgIpc) is 3.32. The van der Waals surface area contributed by atoms with E-state index in [4.69, 9.17) is 9.47 Å². The van der Waals surface area contributed by atoms with E-state index in [-0.39, 0.29) is 6.61 Å². The molecule has 7 N–H and O–H groups in total. The van der Waals surface area contributed by atoms with Gasteiger partial charge in [-0.05, 0) is 44.9 Å². The fraction of sp³-hybridized carbons (Fsp3) is 0.911. The van der Waals surface area contributed by atoms with Gasteiger partial charge in [0.25, 0.3) is 0 Å². The molecule has 0 aromatic heterocycles. The molecule has 1 amide bonds. The molecule has 8 unspecified atom stereocenters. The molecule has 0 aromatic rings. The van der Waals surface area contributed by atoms with Crippen LogP contribution < -0.4 is 5.32 Å². The second kappa shape index (κ2) is 46.0. The first-order valence-corrected chi connectivity index (χ1v) is 28.1. The molecule has 0 aliphatic carbocycles. The van der Waals surface area contributed by atoms with Crippen molar-refractivity contribution in [3.05, 3.63) is 24.3 Å². The molecule has 1 heterocycles. The normalized spacial score (nSPS) is 20.4. The highest BCUT2D eigenvalue weighted by Crippen LogP contribution is 2.23. The molecule has 1 saturated heterocycles. The first-order chi connectivity index (χ1) is 32.3. The molecular formula is C56H107NO9. The Morgan fingerprint density at radius 2 is 0.894 bits per heavy atom. The van der Waals surface area contributed by atoms with Crippen LogP contribution >= 0.6 is 0 Å². The van der Waals surface area contributed by atoms with E-state index < -0.39 is 61.5 Å². The van der Waals surface area contributed by atoms with E-state index >= 15 is 0 Å². The lowest BCUT2D eigenvalue weighted by atomic mass is 9.99. The van der Waals surface area contributed by atoms with Gasteiger partial charge in [-0.15, -0.1) is 0 Å². The fourth-order valence-corrected chi connectivity index (χ4v) is 9.08. The minimum atomic E-state index is -1.60. The maximum Gasteiger partial charge on any atom is 0.249 e. The summed E-state index contributed by atoms with van der Waals surface area (Å²) in [6.45, 7) is 3.68. The molecule has 390 valence electrons. The summed E-state index contributed by atoms with van der Waals surface area (Å²) in [4.78, 5) is 13.1. The number of hydrogen-bond donors (Lipinski definition) is 7. The van der Waals surface area contributed by atoms with Gasteiger partial charge in [0, 0.05) is 0 Å². The van der Waals surface area contributed by atoms with Gasteiger partial charge in [-0.2, -0.15) is 0 Å². The van der Waals surface area contributed by atoms with Crippen LogP contribution in [0.4, 0.5) is 0 Å². The highest BCUT2D eigenvalue weighted by atomic mass is 16.7. The second-order valence-corrected chi connectivity index (χ2v) is 19.9. The standard InChI is InChI=1S/C56H107NO9/c1-3-5-7-9-11-13-15-17-18-19-20-21-22-23-24-25-26-27-28-29-30-31-33-35-37-39-41-43-45-50(60)55(64)57-48(47-65-56-54(63)53(62)52(61)51(46-58)66-56)49(59)44-42-40-38-36-34-32-16-14-12-10-8-6-4-2/h20-21,23-24,48-54,56,58-63H,3-19,22,25-47H2,1-2H3,(H,57,64)/b21-20-,24-23-. The smallest absolute Gasteiger partial charge is 0.249 e. The van der Waals surface area contributed by atoms with Crippen molar-refractivity contribution in [2.24, 2.45) is 0 Å². The minimum absolute atomic E-state index is 0.254. The molecular weight excluding hydrogens is 831 g/mol. The molecule has 0 saturated carbocycles. The molecule has 10 nitrogen and oxygen atoms in total. The summed E-state index contributed by atoms with van der Waals surface area (Å²) in [5.41, 5.74) is 0. The zero-order chi connectivity index (χ0) is 48.1. The third-order valence-corrected chi connectivity index (χ3v) is 13.7. The largest absolute Gasteiger partial charge is 0.394 e. The third kappa shape index (κ3) is 34.8. The number of carbonyl (C=O) groups excluding carboxylic acids is 1. The number of allylic oxidation sites excluding steroid dienone is 4. The fourth-order valence-electron chi connectivity index (χ4n) is 9.08. The topological polar surface area (TPSA) is 169 Å². The van der Waals surface area contributed by atoms with Crippen molar-refractivity contribution in [1.82, 2.24) is 5.32 Å². The number of carbonyl (C=O) groups is 1. The van der Waals surface area contributed by atoms with Crippen molar-refractivity contribution in [3.8, 4) is 0 Å². The molecule has 66 heavy (non-hydrogen) atoms. The minimum Gasteiger partial charge on any atom is -0.394 e. The van der Waals surface area contributed by atoms with Crippen LogP contribution in [0.15, 0.2) is 24.3 Å². The molecule has 1 aliphatic rings. The molecule has 0 bridgehead atoms. The van der Waals surface area contributed by atoms with Gasteiger partial charge in [-0.25, -0.2) is 0 Å². The van der Waals surface area contributed by atoms with Crippen molar-refractivity contribution in [3.63, 3.8) is 0 Å². The number of unbranched alkanes of at least 4 members (excludes halogenated alkanes) is 33. The Morgan fingerprint density at radius 3 is 1.30 bits per heavy atom. The van der Waals surface area contributed by atoms with Gasteiger partial charge in [-0.3, -0.25) is 4.79 Å². The van der Waals surface area contributed by atoms with Crippen molar-refractivity contribution in [2.45, 2.75) is 313 Å². The zero-order valence-electron chi connectivity index (χ0n) is 42.8. The Morgan fingerprint density at radius 1 is 0.515 bits per heavy atom. The number of aliphatic hydroxyl groups excluding tert-OH is 6. The summed E-state index contributed by atoms with van der Waals surface area (Å²) < 4.78 is 11.2. The van der Waals surface area contributed by atoms with Gasteiger partial charge >= 0.3 is 0 Å². The maximum absolute atomic E-state index is 13.1. The summed E-state index contributed by atoms with van der Waals surface area (Å²) >= 11 is 0. The van der Waals surface area contributed by atoms with E-state index in [1.165, 1.54) is 180 Å². The Labute approximate surface area is 405 Å². The quantitative estimate of drug-likeness (QED) is 0.0232. The molecule has 0 aromatic carbocycles. The van der Waals surface area contributed by atoms with Gasteiger partial charge in [-0.1, -0.05) is 244 Å². The van der Waals surface area contributed by atoms with Crippen LogP contribution in [-0.4, -0.2) is 98.7 Å². The lowest BCUT2D eigenvalue weighted by Crippen LogP contribution is -2.60. The Balaban J connectivity index is 2.20. The predicted octanol–water partition coefficient (Wildman–Crippen LogP) is 12.4. The molecule has 8 atom stereocenters. The van der Waals surface area contributed by atoms with Crippen LogP contribution in [-0.2, 0) is 14.3 Å². The Kier molecular flexibility index (Phi) is 43.7. The van der Waals surface area contributed by atoms with E-state index in [0.29, 0.717) is 12.8 Å². The van der Waals surface area contributed by atoms with E-state index in [0.717, 1.165) is 57.8 Å². The first kappa shape index (κ1) is 62.6. The summed E-state index contributed by atoms with van der Waals surface area (Å²) in [6.07, 6.45) is 46.7. The molecule has 1 fully saturated rings. The SMILES string of the molecule is CCCCCCCCCCC/C=C\C/C=C\CCCCCCCCCCCCCCC(O)C(=O)NC(COC1OC(CO)C(O)C(O)C1O)C(O)CCCCCCCCCCCCCCC. The second-order valence-electron chi connectivity index (χ2n) is 19.9. The number of amides is 1. The number of nitrogens with one attached hydrogen (secondary N) is 1. The third-order valence-electron chi connectivity index (χ3n) is 13.7. The highest BCUT2D eigenvalue weighted by Gasteiger charge is 2.44. The Hall–Kier alpha value is -1.37. The number of rotatable bonds is 48. The zero-order valence-corrected chi connectivity index (χ0v) is 42.8. The van der Waals surface area contributed by atoms with Crippen molar-refractivity contribution < 1.29 is 44.9 Å².